The summed E-state index contributed by atoms with van der Waals surface area (Å²) in [6, 6.07) is 7.37. The van der Waals surface area contributed by atoms with Crippen LogP contribution in [0.25, 0.3) is 11.3 Å². The van der Waals surface area contributed by atoms with Gasteiger partial charge < -0.3 is 15.2 Å². The SMILES string of the molecule is CSCC[C@H](CO)NC(=O)c1[nH]nc2c1COc1ccccc1-2. The smallest absolute Gasteiger partial charge is 0.270 e. The molecule has 6 nitrogen and oxygen atoms in total. The zero-order chi connectivity index (χ0) is 16.2. The predicted octanol–water partition coefficient (Wildman–Crippen LogP) is 1.81. The van der Waals surface area contributed by atoms with Crippen LogP contribution in [0.3, 0.4) is 0 Å². The molecule has 2 heterocycles. The Balaban J connectivity index is 1.81. The van der Waals surface area contributed by atoms with Gasteiger partial charge in [0, 0.05) is 11.1 Å². The largest absolute Gasteiger partial charge is 0.488 e. The highest BCUT2D eigenvalue weighted by Crippen LogP contribution is 2.36. The van der Waals surface area contributed by atoms with Crippen molar-refractivity contribution in [2.45, 2.75) is 19.1 Å². The number of hydrogen-bond acceptors (Lipinski definition) is 5. The third-order valence-electron chi connectivity index (χ3n) is 3.83. The number of hydrogen-bond donors (Lipinski definition) is 3. The summed E-state index contributed by atoms with van der Waals surface area (Å²) in [5.74, 6) is 1.39. The third kappa shape index (κ3) is 3.20. The fourth-order valence-electron chi connectivity index (χ4n) is 2.58. The molecule has 1 aliphatic heterocycles. The summed E-state index contributed by atoms with van der Waals surface area (Å²) < 4.78 is 5.70. The number of aromatic amines is 1. The number of benzene rings is 1. The summed E-state index contributed by atoms with van der Waals surface area (Å²) in [5, 5.41) is 19.3. The van der Waals surface area contributed by atoms with Crippen LogP contribution in [0.4, 0.5) is 0 Å². The van der Waals surface area contributed by atoms with Crippen LogP contribution >= 0.6 is 11.8 Å². The number of carbonyl (C=O) groups excluding carboxylic acids is 1. The number of fused-ring (bicyclic) bond motifs is 3. The number of para-hydroxylation sites is 1. The molecule has 0 spiro atoms. The molecule has 1 atom stereocenters. The molecule has 2 aromatic rings. The van der Waals surface area contributed by atoms with Gasteiger partial charge in [-0.25, -0.2) is 0 Å². The van der Waals surface area contributed by atoms with Gasteiger partial charge in [-0.15, -0.1) is 0 Å². The number of nitrogens with one attached hydrogen (secondary N) is 2. The Hall–Kier alpha value is -1.99. The second kappa shape index (κ2) is 7.06. The molecule has 1 aliphatic rings. The number of thioether (sulfide) groups is 1. The van der Waals surface area contributed by atoms with Crippen molar-refractivity contribution in [2.24, 2.45) is 0 Å². The van der Waals surface area contributed by atoms with Crippen molar-refractivity contribution < 1.29 is 14.6 Å². The standard InChI is InChI=1S/C16H19N3O3S/c1-23-7-6-10(8-20)17-16(21)15-12-9-22-13-5-3-2-4-11(13)14(12)18-19-15/h2-5,10,20H,6-9H2,1H3,(H,17,21)(H,18,19)/t10-/m1/s1. The van der Waals surface area contributed by atoms with Crippen LogP contribution in [0.15, 0.2) is 24.3 Å². The van der Waals surface area contributed by atoms with Gasteiger partial charge >= 0.3 is 0 Å². The highest BCUT2D eigenvalue weighted by Gasteiger charge is 2.26. The molecule has 0 saturated carbocycles. The number of nitrogens with zero attached hydrogens (tertiary/aromatic N) is 1. The Bertz CT molecular complexity index is 702. The fourth-order valence-corrected chi connectivity index (χ4v) is 3.10. The van der Waals surface area contributed by atoms with Gasteiger partial charge in [-0.3, -0.25) is 9.89 Å². The van der Waals surface area contributed by atoms with Gasteiger partial charge in [-0.05, 0) is 30.6 Å². The first-order valence-electron chi connectivity index (χ1n) is 7.44. The van der Waals surface area contributed by atoms with Gasteiger partial charge in [-0.2, -0.15) is 16.9 Å². The Kier molecular flexibility index (Phi) is 4.88. The molecule has 3 rings (SSSR count). The van der Waals surface area contributed by atoms with Gasteiger partial charge in [-0.1, -0.05) is 12.1 Å². The Morgan fingerprint density at radius 3 is 3.13 bits per heavy atom. The number of aliphatic hydroxyl groups excluding tert-OH is 1. The quantitative estimate of drug-likeness (QED) is 0.750. The van der Waals surface area contributed by atoms with Gasteiger partial charge in [0.1, 0.15) is 23.7 Å². The van der Waals surface area contributed by atoms with E-state index in [1.165, 1.54) is 0 Å². The average Bonchev–Trinajstić information content (AvgIpc) is 3.03. The van der Waals surface area contributed by atoms with E-state index in [1.807, 2.05) is 30.5 Å². The number of amides is 1. The van der Waals surface area contributed by atoms with E-state index in [9.17, 15) is 9.90 Å². The Morgan fingerprint density at radius 2 is 2.35 bits per heavy atom. The maximum atomic E-state index is 12.5. The van der Waals surface area contributed by atoms with Gasteiger partial charge in [0.25, 0.3) is 5.91 Å². The van der Waals surface area contributed by atoms with Crippen molar-refractivity contribution in [1.82, 2.24) is 15.5 Å². The summed E-state index contributed by atoms with van der Waals surface area (Å²) in [4.78, 5) is 12.5. The highest BCUT2D eigenvalue weighted by molar-refractivity contribution is 7.98. The van der Waals surface area contributed by atoms with Gasteiger partial charge in [0.05, 0.1) is 12.6 Å². The monoisotopic (exact) mass is 333 g/mol. The van der Waals surface area contributed by atoms with Crippen molar-refractivity contribution >= 4 is 17.7 Å². The van der Waals surface area contributed by atoms with Crippen LogP contribution in [0.5, 0.6) is 5.75 Å². The molecular weight excluding hydrogens is 314 g/mol. The topological polar surface area (TPSA) is 87.2 Å². The molecule has 1 aromatic heterocycles. The lowest BCUT2D eigenvalue weighted by Gasteiger charge is -2.18. The van der Waals surface area contributed by atoms with E-state index < -0.39 is 0 Å². The first-order valence-corrected chi connectivity index (χ1v) is 8.84. The van der Waals surface area contributed by atoms with E-state index in [0.717, 1.165) is 34.7 Å². The normalized spacial score (nSPS) is 13.7. The minimum Gasteiger partial charge on any atom is -0.488 e. The summed E-state index contributed by atoms with van der Waals surface area (Å²) in [7, 11) is 0. The molecule has 1 amide bonds. The van der Waals surface area contributed by atoms with Crippen LogP contribution in [-0.2, 0) is 6.61 Å². The maximum absolute atomic E-state index is 12.5. The number of rotatable bonds is 6. The lowest BCUT2D eigenvalue weighted by atomic mass is 10.0. The van der Waals surface area contributed by atoms with Crippen LogP contribution in [0, 0.1) is 0 Å². The summed E-state index contributed by atoms with van der Waals surface area (Å²) in [6.07, 6.45) is 2.72. The first-order chi connectivity index (χ1) is 11.2. The van der Waals surface area contributed by atoms with Crippen molar-refractivity contribution in [2.75, 3.05) is 18.6 Å². The summed E-state index contributed by atoms with van der Waals surface area (Å²) in [6.45, 7) is 0.224. The van der Waals surface area contributed by atoms with E-state index in [4.69, 9.17) is 4.74 Å². The number of ether oxygens (including phenoxy) is 1. The second-order valence-corrected chi connectivity index (χ2v) is 6.33. The van der Waals surface area contributed by atoms with Crippen LogP contribution in [0.2, 0.25) is 0 Å². The highest BCUT2D eigenvalue weighted by atomic mass is 32.2. The zero-order valence-corrected chi connectivity index (χ0v) is 13.7. The van der Waals surface area contributed by atoms with E-state index in [2.05, 4.69) is 15.5 Å². The number of aliphatic hydroxyl groups is 1. The van der Waals surface area contributed by atoms with Crippen molar-refractivity contribution in [3.63, 3.8) is 0 Å². The molecule has 0 fully saturated rings. The summed E-state index contributed by atoms with van der Waals surface area (Å²) >= 11 is 1.68. The van der Waals surface area contributed by atoms with Crippen molar-refractivity contribution in [3.8, 4) is 17.0 Å². The molecular formula is C16H19N3O3S. The molecule has 0 saturated heterocycles. The maximum Gasteiger partial charge on any atom is 0.270 e. The first kappa shape index (κ1) is 15.9. The molecule has 0 unspecified atom stereocenters. The molecule has 23 heavy (non-hydrogen) atoms. The number of H-pyrrole nitrogens is 1. The van der Waals surface area contributed by atoms with Crippen molar-refractivity contribution in [1.29, 1.82) is 0 Å². The van der Waals surface area contributed by atoms with E-state index >= 15 is 0 Å². The average molecular weight is 333 g/mol. The minimum atomic E-state index is -0.262. The van der Waals surface area contributed by atoms with Crippen LogP contribution < -0.4 is 10.1 Å². The van der Waals surface area contributed by atoms with E-state index in [0.29, 0.717) is 12.3 Å². The lowest BCUT2D eigenvalue weighted by molar-refractivity contribution is 0.0907. The third-order valence-corrected chi connectivity index (χ3v) is 4.48. The zero-order valence-electron chi connectivity index (χ0n) is 12.8. The second-order valence-electron chi connectivity index (χ2n) is 5.35. The van der Waals surface area contributed by atoms with Gasteiger partial charge in [0.15, 0.2) is 0 Å². The molecule has 0 radical (unpaired) electrons. The van der Waals surface area contributed by atoms with Crippen molar-refractivity contribution in [3.05, 3.63) is 35.5 Å². The van der Waals surface area contributed by atoms with E-state index in [-0.39, 0.29) is 18.6 Å². The van der Waals surface area contributed by atoms with Crippen LogP contribution in [-0.4, -0.2) is 45.9 Å². The lowest BCUT2D eigenvalue weighted by Crippen LogP contribution is -2.38. The molecule has 0 aliphatic carbocycles. The summed E-state index contributed by atoms with van der Waals surface area (Å²) in [5.41, 5.74) is 2.78. The van der Waals surface area contributed by atoms with Gasteiger partial charge in [0.2, 0.25) is 0 Å². The van der Waals surface area contributed by atoms with E-state index in [1.54, 1.807) is 11.8 Å². The number of aromatic nitrogens is 2. The minimum absolute atomic E-state index is 0.0814. The molecule has 1 aromatic carbocycles. The molecule has 3 N–H and O–H groups in total. The predicted molar refractivity (Wildman–Crippen MR) is 89.7 cm³/mol. The fraction of sp³-hybridized carbons (Fsp3) is 0.375. The Morgan fingerprint density at radius 1 is 1.52 bits per heavy atom. The molecule has 122 valence electrons. The number of carbonyl (C=O) groups is 1. The molecule has 7 heteroatoms. The molecule has 0 bridgehead atoms. The van der Waals surface area contributed by atoms with Crippen LogP contribution in [0.1, 0.15) is 22.5 Å². The Labute approximate surface area is 138 Å².